The summed E-state index contributed by atoms with van der Waals surface area (Å²) in [7, 11) is 1.39. The zero-order valence-corrected chi connectivity index (χ0v) is 14.8. The topological polar surface area (TPSA) is 69.9 Å². The van der Waals surface area contributed by atoms with E-state index in [1.165, 1.54) is 18.9 Å². The van der Waals surface area contributed by atoms with E-state index in [0.717, 1.165) is 17.0 Å². The summed E-state index contributed by atoms with van der Waals surface area (Å²) in [6.07, 6.45) is 3.45. The maximum absolute atomic E-state index is 11.8. The molecule has 0 radical (unpaired) electrons. The molecular formula is C18H18N4O2S. The van der Waals surface area contributed by atoms with Crippen LogP contribution in [0.5, 0.6) is 0 Å². The molecule has 0 bridgehead atoms. The second-order valence-electron chi connectivity index (χ2n) is 5.40. The summed E-state index contributed by atoms with van der Waals surface area (Å²) in [4.78, 5) is 15.8. The number of hydrogen-bond donors (Lipinski definition) is 0. The van der Waals surface area contributed by atoms with Crippen molar-refractivity contribution in [2.24, 2.45) is 0 Å². The van der Waals surface area contributed by atoms with E-state index in [1.807, 2.05) is 34.9 Å². The lowest BCUT2D eigenvalue weighted by Crippen LogP contribution is -2.16. The Morgan fingerprint density at radius 1 is 1.16 bits per heavy atom. The summed E-state index contributed by atoms with van der Waals surface area (Å²) in [5.74, 6) is 0.454. The molecule has 0 unspecified atom stereocenters. The van der Waals surface area contributed by atoms with Gasteiger partial charge in [0.05, 0.1) is 13.7 Å². The number of methoxy groups -OCH3 is 1. The van der Waals surface area contributed by atoms with E-state index in [2.05, 4.69) is 27.3 Å². The van der Waals surface area contributed by atoms with Gasteiger partial charge in [-0.25, -0.2) is 0 Å². The molecule has 0 N–H and O–H groups in total. The van der Waals surface area contributed by atoms with Crippen LogP contribution in [-0.2, 0) is 16.1 Å². The molecule has 128 valence electrons. The number of carbonyl (C=O) groups excluding carboxylic acids is 1. The van der Waals surface area contributed by atoms with Gasteiger partial charge in [-0.1, -0.05) is 42.1 Å². The fourth-order valence-electron chi connectivity index (χ4n) is 2.37. The zero-order valence-electron chi connectivity index (χ0n) is 14.0. The van der Waals surface area contributed by atoms with Crippen LogP contribution in [-0.4, -0.2) is 38.1 Å². The Kier molecular flexibility index (Phi) is 5.45. The summed E-state index contributed by atoms with van der Waals surface area (Å²) in [5, 5.41) is 8.93. The van der Waals surface area contributed by atoms with Crippen LogP contribution in [0.3, 0.4) is 0 Å². The molecule has 0 aliphatic carbocycles. The lowest BCUT2D eigenvalue weighted by atomic mass is 10.2. The van der Waals surface area contributed by atoms with Crippen molar-refractivity contribution in [2.45, 2.75) is 23.9 Å². The first-order chi connectivity index (χ1) is 12.2. The highest BCUT2D eigenvalue weighted by molar-refractivity contribution is 8.00. The van der Waals surface area contributed by atoms with Crippen LogP contribution in [0.15, 0.2) is 60.0 Å². The normalized spacial score (nSPS) is 11.9. The number of carbonyl (C=O) groups is 1. The number of rotatable bonds is 6. The van der Waals surface area contributed by atoms with Gasteiger partial charge in [0.15, 0.2) is 11.0 Å². The quantitative estimate of drug-likeness (QED) is 0.500. The predicted molar refractivity (Wildman–Crippen MR) is 96.1 cm³/mol. The summed E-state index contributed by atoms with van der Waals surface area (Å²) < 4.78 is 6.82. The first-order valence-corrected chi connectivity index (χ1v) is 8.69. The van der Waals surface area contributed by atoms with Crippen molar-refractivity contribution >= 4 is 17.7 Å². The molecule has 1 aromatic carbocycles. The van der Waals surface area contributed by atoms with Gasteiger partial charge < -0.3 is 4.74 Å². The Balaban J connectivity index is 1.97. The highest BCUT2D eigenvalue weighted by Crippen LogP contribution is 2.27. The molecule has 0 saturated heterocycles. The van der Waals surface area contributed by atoms with Crippen molar-refractivity contribution in [3.8, 4) is 11.4 Å². The van der Waals surface area contributed by atoms with Crippen LogP contribution in [0.1, 0.15) is 12.5 Å². The molecule has 0 aliphatic heterocycles. The third-order valence-corrected chi connectivity index (χ3v) is 4.71. The fraction of sp³-hybridized carbons (Fsp3) is 0.222. The third-order valence-electron chi connectivity index (χ3n) is 3.65. The average Bonchev–Trinajstić information content (AvgIpc) is 3.04. The van der Waals surface area contributed by atoms with E-state index in [1.54, 1.807) is 19.3 Å². The van der Waals surface area contributed by atoms with Gasteiger partial charge in [-0.3, -0.25) is 14.3 Å². The molecule has 0 amide bonds. The number of aromatic nitrogens is 4. The highest BCUT2D eigenvalue weighted by atomic mass is 32.2. The summed E-state index contributed by atoms with van der Waals surface area (Å²) >= 11 is 1.34. The molecule has 2 aromatic heterocycles. The van der Waals surface area contributed by atoms with Gasteiger partial charge in [0.2, 0.25) is 0 Å². The van der Waals surface area contributed by atoms with E-state index in [-0.39, 0.29) is 11.2 Å². The van der Waals surface area contributed by atoms with E-state index >= 15 is 0 Å². The van der Waals surface area contributed by atoms with Gasteiger partial charge in [0.25, 0.3) is 0 Å². The van der Waals surface area contributed by atoms with Gasteiger partial charge in [0, 0.05) is 18.0 Å². The smallest absolute Gasteiger partial charge is 0.318 e. The van der Waals surface area contributed by atoms with Crippen LogP contribution in [0.2, 0.25) is 0 Å². The number of esters is 1. The highest BCUT2D eigenvalue weighted by Gasteiger charge is 2.21. The van der Waals surface area contributed by atoms with Crippen LogP contribution in [0.4, 0.5) is 0 Å². The lowest BCUT2D eigenvalue weighted by Gasteiger charge is -2.12. The minimum Gasteiger partial charge on any atom is -0.468 e. The van der Waals surface area contributed by atoms with Crippen molar-refractivity contribution in [2.75, 3.05) is 7.11 Å². The van der Waals surface area contributed by atoms with E-state index in [4.69, 9.17) is 4.74 Å². The van der Waals surface area contributed by atoms with Crippen LogP contribution >= 0.6 is 11.8 Å². The first-order valence-electron chi connectivity index (χ1n) is 7.81. The Morgan fingerprint density at radius 3 is 2.56 bits per heavy atom. The molecular weight excluding hydrogens is 336 g/mol. The van der Waals surface area contributed by atoms with Crippen LogP contribution in [0, 0.1) is 0 Å². The van der Waals surface area contributed by atoms with Crippen molar-refractivity contribution in [3.63, 3.8) is 0 Å². The molecule has 7 heteroatoms. The molecule has 2 heterocycles. The number of nitrogens with zero attached hydrogens (tertiary/aromatic N) is 4. The first kappa shape index (κ1) is 17.2. The van der Waals surface area contributed by atoms with Gasteiger partial charge in [0.1, 0.15) is 5.25 Å². The summed E-state index contributed by atoms with van der Waals surface area (Å²) in [5.41, 5.74) is 2.06. The van der Waals surface area contributed by atoms with Crippen molar-refractivity contribution in [1.29, 1.82) is 0 Å². The Bertz CT molecular complexity index is 837. The van der Waals surface area contributed by atoms with Crippen molar-refractivity contribution in [1.82, 2.24) is 19.7 Å². The molecule has 0 spiro atoms. The number of thioether (sulfide) groups is 1. The van der Waals surface area contributed by atoms with E-state index in [0.29, 0.717) is 11.7 Å². The maximum atomic E-state index is 11.8. The minimum absolute atomic E-state index is 0.287. The summed E-state index contributed by atoms with van der Waals surface area (Å²) in [6, 6.07) is 13.9. The number of ether oxygens (including phenoxy) is 1. The second kappa shape index (κ2) is 7.94. The SMILES string of the molecule is COC(=O)[C@H](C)Sc1nnc(-c2ccncc2)n1Cc1ccccc1. The third kappa shape index (κ3) is 4.06. The largest absolute Gasteiger partial charge is 0.468 e. The lowest BCUT2D eigenvalue weighted by molar-refractivity contribution is -0.139. The monoisotopic (exact) mass is 354 g/mol. The van der Waals surface area contributed by atoms with Gasteiger partial charge in [-0.05, 0) is 24.6 Å². The number of hydrogen-bond acceptors (Lipinski definition) is 6. The standard InChI is InChI=1S/C18H18N4O2S/c1-13(17(23)24-2)25-18-21-20-16(15-8-10-19-11-9-15)22(18)12-14-6-4-3-5-7-14/h3-11,13H,12H2,1-2H3/t13-/m0/s1. The second-order valence-corrected chi connectivity index (χ2v) is 6.71. The molecule has 0 aliphatic rings. The molecule has 3 rings (SSSR count). The maximum Gasteiger partial charge on any atom is 0.318 e. The molecule has 1 atom stereocenters. The van der Waals surface area contributed by atoms with Crippen molar-refractivity contribution < 1.29 is 9.53 Å². The molecule has 0 saturated carbocycles. The average molecular weight is 354 g/mol. The van der Waals surface area contributed by atoms with Crippen molar-refractivity contribution in [3.05, 3.63) is 60.4 Å². The van der Waals surface area contributed by atoms with Gasteiger partial charge in [-0.2, -0.15) is 0 Å². The summed E-state index contributed by atoms with van der Waals surface area (Å²) in [6.45, 7) is 2.41. The number of benzene rings is 1. The van der Waals surface area contributed by atoms with E-state index in [9.17, 15) is 4.79 Å². The number of pyridine rings is 1. The van der Waals surface area contributed by atoms with Gasteiger partial charge >= 0.3 is 5.97 Å². The Hall–Kier alpha value is -2.67. The van der Waals surface area contributed by atoms with Crippen LogP contribution in [0.25, 0.3) is 11.4 Å². The van der Waals surface area contributed by atoms with E-state index < -0.39 is 0 Å². The fourth-order valence-corrected chi connectivity index (χ4v) is 3.25. The zero-order chi connectivity index (χ0) is 17.6. The predicted octanol–water partition coefficient (Wildman–Crippen LogP) is 3.04. The molecule has 6 nitrogen and oxygen atoms in total. The Morgan fingerprint density at radius 2 is 1.88 bits per heavy atom. The minimum atomic E-state index is -0.367. The Labute approximate surface area is 150 Å². The molecule has 25 heavy (non-hydrogen) atoms. The van der Waals surface area contributed by atoms with Gasteiger partial charge in [-0.15, -0.1) is 10.2 Å². The van der Waals surface area contributed by atoms with Crippen LogP contribution < -0.4 is 0 Å². The molecule has 0 fully saturated rings. The molecule has 3 aromatic rings.